The number of ether oxygens (including phenoxy) is 2. The van der Waals surface area contributed by atoms with Crippen LogP contribution in [0.2, 0.25) is 0 Å². The van der Waals surface area contributed by atoms with Gasteiger partial charge in [-0.1, -0.05) is 0 Å². The molecule has 8 nitrogen and oxygen atoms in total. The molecule has 0 aromatic carbocycles. The highest BCUT2D eigenvalue weighted by Gasteiger charge is 2.21. The van der Waals surface area contributed by atoms with E-state index in [2.05, 4.69) is 26.2 Å². The van der Waals surface area contributed by atoms with Crippen molar-refractivity contribution < 1.29 is 9.47 Å². The standard InChI is InChI=1S/C21H26N6O2S/c1-28-18-3-2-15(13-23-18)20-24-17-12-16(14-26-6-4-22-5-7-26)30-19(17)21(25-20)27-8-10-29-11-9-27/h2-3,12-13,22H,4-11,14H2,1H3. The van der Waals surface area contributed by atoms with Gasteiger partial charge >= 0.3 is 0 Å². The Morgan fingerprint density at radius 2 is 1.97 bits per heavy atom. The van der Waals surface area contributed by atoms with Crippen LogP contribution in [0.3, 0.4) is 0 Å². The molecule has 3 aromatic rings. The zero-order valence-corrected chi connectivity index (χ0v) is 18.0. The molecule has 0 bridgehead atoms. The SMILES string of the molecule is COc1ccc(-c2nc(N3CCOCC3)c3sc(CN4CCNCC4)cc3n2)cn1. The van der Waals surface area contributed by atoms with Gasteiger partial charge in [0.2, 0.25) is 5.88 Å². The molecule has 2 aliphatic rings. The van der Waals surface area contributed by atoms with Crippen LogP contribution in [0.25, 0.3) is 21.6 Å². The summed E-state index contributed by atoms with van der Waals surface area (Å²) < 4.78 is 11.9. The van der Waals surface area contributed by atoms with E-state index in [4.69, 9.17) is 19.4 Å². The van der Waals surface area contributed by atoms with Gasteiger partial charge in [0.15, 0.2) is 11.6 Å². The van der Waals surface area contributed by atoms with Crippen LogP contribution < -0.4 is 15.0 Å². The van der Waals surface area contributed by atoms with Gasteiger partial charge in [0.05, 0.1) is 30.5 Å². The van der Waals surface area contributed by atoms with Crippen molar-refractivity contribution in [3.63, 3.8) is 0 Å². The van der Waals surface area contributed by atoms with E-state index in [0.29, 0.717) is 11.7 Å². The summed E-state index contributed by atoms with van der Waals surface area (Å²) in [7, 11) is 1.62. The minimum atomic E-state index is 0.585. The summed E-state index contributed by atoms with van der Waals surface area (Å²) in [4.78, 5) is 20.4. The first-order valence-corrected chi connectivity index (χ1v) is 11.2. The van der Waals surface area contributed by atoms with Gasteiger partial charge < -0.3 is 19.7 Å². The molecule has 0 spiro atoms. The number of piperazine rings is 1. The Morgan fingerprint density at radius 3 is 2.70 bits per heavy atom. The van der Waals surface area contributed by atoms with Crippen LogP contribution in [-0.2, 0) is 11.3 Å². The van der Waals surface area contributed by atoms with Crippen molar-refractivity contribution in [3.8, 4) is 17.3 Å². The molecule has 0 amide bonds. The fourth-order valence-corrected chi connectivity index (χ4v) is 5.04. The van der Waals surface area contributed by atoms with Crippen LogP contribution in [0.5, 0.6) is 5.88 Å². The van der Waals surface area contributed by atoms with Crippen LogP contribution in [0.15, 0.2) is 24.4 Å². The quantitative estimate of drug-likeness (QED) is 0.664. The van der Waals surface area contributed by atoms with Gasteiger partial charge in [0.25, 0.3) is 0 Å². The first-order valence-electron chi connectivity index (χ1n) is 10.4. The Bertz CT molecular complexity index is 997. The Morgan fingerprint density at radius 1 is 1.13 bits per heavy atom. The lowest BCUT2D eigenvalue weighted by atomic mass is 10.2. The van der Waals surface area contributed by atoms with Crippen molar-refractivity contribution in [3.05, 3.63) is 29.3 Å². The van der Waals surface area contributed by atoms with Crippen LogP contribution in [0.1, 0.15) is 4.88 Å². The molecule has 2 aliphatic heterocycles. The molecule has 0 atom stereocenters. The number of nitrogens with zero attached hydrogens (tertiary/aromatic N) is 5. The van der Waals surface area contributed by atoms with Crippen molar-refractivity contribution in [2.75, 3.05) is 64.5 Å². The Hall–Kier alpha value is -2.33. The third kappa shape index (κ3) is 4.11. The van der Waals surface area contributed by atoms with Gasteiger partial charge in [0.1, 0.15) is 0 Å². The molecular weight excluding hydrogens is 400 g/mol. The Labute approximate surface area is 179 Å². The maximum atomic E-state index is 5.56. The number of hydrogen-bond acceptors (Lipinski definition) is 9. The molecule has 5 rings (SSSR count). The maximum Gasteiger partial charge on any atom is 0.212 e. The first kappa shape index (κ1) is 19.6. The molecular formula is C21H26N6O2S. The smallest absolute Gasteiger partial charge is 0.212 e. The summed E-state index contributed by atoms with van der Waals surface area (Å²) in [5, 5.41) is 3.42. The predicted octanol–water partition coefficient (Wildman–Crippen LogP) is 2.00. The summed E-state index contributed by atoms with van der Waals surface area (Å²) in [6.07, 6.45) is 1.77. The van der Waals surface area contributed by atoms with Gasteiger partial charge in [0, 0.05) is 68.5 Å². The largest absolute Gasteiger partial charge is 0.481 e. The van der Waals surface area contributed by atoms with Gasteiger partial charge in [-0.25, -0.2) is 15.0 Å². The number of aromatic nitrogens is 3. The molecule has 2 fully saturated rings. The number of hydrogen-bond donors (Lipinski definition) is 1. The molecule has 2 saturated heterocycles. The number of nitrogens with one attached hydrogen (secondary N) is 1. The zero-order valence-electron chi connectivity index (χ0n) is 17.1. The van der Waals surface area contributed by atoms with E-state index < -0.39 is 0 Å². The van der Waals surface area contributed by atoms with Crippen molar-refractivity contribution in [2.45, 2.75) is 6.54 Å². The van der Waals surface area contributed by atoms with Crippen molar-refractivity contribution in [1.29, 1.82) is 0 Å². The lowest BCUT2D eigenvalue weighted by Gasteiger charge is -2.28. The van der Waals surface area contributed by atoms with Gasteiger partial charge in [-0.2, -0.15) is 0 Å². The van der Waals surface area contributed by atoms with E-state index >= 15 is 0 Å². The third-order valence-corrected chi connectivity index (χ3v) is 6.61. The molecule has 158 valence electrons. The fourth-order valence-electron chi connectivity index (χ4n) is 3.88. The average Bonchev–Trinajstić information content (AvgIpc) is 3.22. The summed E-state index contributed by atoms with van der Waals surface area (Å²) in [6.45, 7) is 8.38. The van der Waals surface area contributed by atoms with E-state index in [1.165, 1.54) is 4.88 Å². The van der Waals surface area contributed by atoms with Crippen LogP contribution in [0.4, 0.5) is 5.82 Å². The highest BCUT2D eigenvalue weighted by molar-refractivity contribution is 7.19. The fraction of sp³-hybridized carbons (Fsp3) is 0.476. The number of fused-ring (bicyclic) bond motifs is 1. The predicted molar refractivity (Wildman–Crippen MR) is 118 cm³/mol. The van der Waals surface area contributed by atoms with Gasteiger partial charge in [-0.05, 0) is 12.1 Å². The summed E-state index contributed by atoms with van der Waals surface area (Å²) in [5.41, 5.74) is 1.90. The molecule has 5 heterocycles. The lowest BCUT2D eigenvalue weighted by molar-refractivity contribution is 0.122. The topological polar surface area (TPSA) is 75.6 Å². The summed E-state index contributed by atoms with van der Waals surface area (Å²) >= 11 is 1.82. The molecule has 0 aliphatic carbocycles. The second kappa shape index (κ2) is 8.81. The second-order valence-corrected chi connectivity index (χ2v) is 8.65. The van der Waals surface area contributed by atoms with E-state index in [-0.39, 0.29) is 0 Å². The minimum Gasteiger partial charge on any atom is -0.481 e. The van der Waals surface area contributed by atoms with Crippen LogP contribution in [-0.4, -0.2) is 79.4 Å². The van der Waals surface area contributed by atoms with Crippen LogP contribution in [0, 0.1) is 0 Å². The van der Waals surface area contributed by atoms with Crippen molar-refractivity contribution >= 4 is 27.4 Å². The number of methoxy groups -OCH3 is 1. The molecule has 30 heavy (non-hydrogen) atoms. The zero-order chi connectivity index (χ0) is 20.3. The lowest BCUT2D eigenvalue weighted by Crippen LogP contribution is -2.42. The summed E-state index contributed by atoms with van der Waals surface area (Å²) in [6, 6.07) is 6.04. The molecule has 0 unspecified atom stereocenters. The highest BCUT2D eigenvalue weighted by Crippen LogP contribution is 2.35. The molecule has 0 radical (unpaired) electrons. The number of rotatable bonds is 5. The van der Waals surface area contributed by atoms with E-state index in [0.717, 1.165) is 80.6 Å². The third-order valence-electron chi connectivity index (χ3n) is 5.51. The monoisotopic (exact) mass is 426 g/mol. The van der Waals surface area contributed by atoms with E-state index in [9.17, 15) is 0 Å². The van der Waals surface area contributed by atoms with E-state index in [1.807, 2.05) is 23.5 Å². The maximum absolute atomic E-state index is 5.56. The normalized spacial score (nSPS) is 18.1. The van der Waals surface area contributed by atoms with Gasteiger partial charge in [-0.15, -0.1) is 11.3 Å². The average molecular weight is 427 g/mol. The number of thiophene rings is 1. The van der Waals surface area contributed by atoms with Crippen LogP contribution >= 0.6 is 11.3 Å². The number of pyridine rings is 1. The number of anilines is 1. The second-order valence-electron chi connectivity index (χ2n) is 7.51. The summed E-state index contributed by atoms with van der Waals surface area (Å²) in [5.74, 6) is 2.29. The molecule has 0 saturated carbocycles. The van der Waals surface area contributed by atoms with Gasteiger partial charge in [-0.3, -0.25) is 4.90 Å². The molecule has 3 aromatic heterocycles. The Kier molecular flexibility index (Phi) is 5.76. The number of morpholine rings is 1. The van der Waals surface area contributed by atoms with Crippen molar-refractivity contribution in [2.24, 2.45) is 0 Å². The minimum absolute atomic E-state index is 0.585. The van der Waals surface area contributed by atoms with Crippen molar-refractivity contribution in [1.82, 2.24) is 25.2 Å². The Balaban J connectivity index is 1.53. The molecule has 9 heteroatoms. The first-order chi connectivity index (χ1) is 14.8. The highest BCUT2D eigenvalue weighted by atomic mass is 32.1. The van der Waals surface area contributed by atoms with E-state index in [1.54, 1.807) is 13.3 Å². The molecule has 1 N–H and O–H groups in total.